The molecule has 0 saturated carbocycles. The van der Waals surface area contributed by atoms with Gasteiger partial charge in [0.15, 0.2) is 0 Å². The number of nitrogens with zero attached hydrogens (tertiary/aromatic N) is 1. The number of pyridine rings is 1. The van der Waals surface area contributed by atoms with Crippen molar-refractivity contribution in [1.82, 2.24) is 10.3 Å². The zero-order valence-corrected chi connectivity index (χ0v) is 9.91. The van der Waals surface area contributed by atoms with Gasteiger partial charge < -0.3 is 10.1 Å². The minimum absolute atomic E-state index is 0.767. The van der Waals surface area contributed by atoms with Crippen molar-refractivity contribution in [3.8, 4) is 0 Å². The summed E-state index contributed by atoms with van der Waals surface area (Å²) in [4.78, 5) is 4.18. The van der Waals surface area contributed by atoms with Gasteiger partial charge in [-0.2, -0.15) is 0 Å². The molecule has 0 spiro atoms. The number of hydrogen-bond donors (Lipinski definition) is 1. The minimum Gasteiger partial charge on any atom is -0.381 e. The zero-order chi connectivity index (χ0) is 11.2. The monoisotopic (exact) mass is 220 g/mol. The molecule has 1 N–H and O–H groups in total. The maximum atomic E-state index is 5.35. The van der Waals surface area contributed by atoms with E-state index in [9.17, 15) is 0 Å². The van der Waals surface area contributed by atoms with E-state index in [1.807, 2.05) is 12.4 Å². The van der Waals surface area contributed by atoms with E-state index in [-0.39, 0.29) is 0 Å². The first kappa shape index (κ1) is 11.6. The van der Waals surface area contributed by atoms with Gasteiger partial charge in [-0.1, -0.05) is 6.07 Å². The first-order valence-corrected chi connectivity index (χ1v) is 6.03. The fourth-order valence-electron chi connectivity index (χ4n) is 2.06. The van der Waals surface area contributed by atoms with Gasteiger partial charge in [0.05, 0.1) is 0 Å². The van der Waals surface area contributed by atoms with Crippen molar-refractivity contribution >= 4 is 0 Å². The van der Waals surface area contributed by atoms with Gasteiger partial charge >= 0.3 is 0 Å². The highest BCUT2D eigenvalue weighted by molar-refractivity contribution is 5.16. The van der Waals surface area contributed by atoms with E-state index in [0.717, 1.165) is 32.2 Å². The second kappa shape index (κ2) is 5.97. The third-order valence-electron chi connectivity index (χ3n) is 3.01. The fraction of sp³-hybridized carbons (Fsp3) is 0.615. The average Bonchev–Trinajstić information content (AvgIpc) is 2.77. The van der Waals surface area contributed by atoms with Crippen molar-refractivity contribution in [2.24, 2.45) is 5.92 Å². The molecule has 0 bridgehead atoms. The van der Waals surface area contributed by atoms with Crippen molar-refractivity contribution in [2.75, 3.05) is 19.8 Å². The Labute approximate surface area is 97.2 Å². The van der Waals surface area contributed by atoms with Crippen LogP contribution in [0.4, 0.5) is 0 Å². The third kappa shape index (κ3) is 3.58. The molecule has 3 nitrogen and oxygen atoms in total. The summed E-state index contributed by atoms with van der Waals surface area (Å²) >= 11 is 0. The van der Waals surface area contributed by atoms with Crippen LogP contribution < -0.4 is 5.32 Å². The number of nitrogens with one attached hydrogen (secondary N) is 1. The molecule has 0 aliphatic carbocycles. The highest BCUT2D eigenvalue weighted by atomic mass is 16.5. The van der Waals surface area contributed by atoms with Crippen LogP contribution in [0.15, 0.2) is 18.5 Å². The predicted octanol–water partition coefficient (Wildman–Crippen LogP) is 1.91. The van der Waals surface area contributed by atoms with Gasteiger partial charge in [0.25, 0.3) is 0 Å². The summed E-state index contributed by atoms with van der Waals surface area (Å²) in [5.41, 5.74) is 2.49. The van der Waals surface area contributed by atoms with Crippen LogP contribution in [0, 0.1) is 12.8 Å². The van der Waals surface area contributed by atoms with E-state index in [4.69, 9.17) is 4.74 Å². The second-order valence-electron chi connectivity index (χ2n) is 4.57. The summed E-state index contributed by atoms with van der Waals surface area (Å²) in [6.45, 7) is 5.97. The molecule has 2 rings (SSSR count). The standard InChI is InChI=1S/C13H20N2O/c1-11-6-13(9-15-7-11)8-14-4-2-12-3-5-16-10-12/h6-7,9,12,14H,2-5,8,10H2,1H3. The lowest BCUT2D eigenvalue weighted by molar-refractivity contribution is 0.184. The molecule has 0 radical (unpaired) electrons. The molecule has 1 aromatic rings. The van der Waals surface area contributed by atoms with Crippen molar-refractivity contribution < 1.29 is 4.74 Å². The van der Waals surface area contributed by atoms with E-state index in [0.29, 0.717) is 0 Å². The normalized spacial score (nSPS) is 20.2. The lowest BCUT2D eigenvalue weighted by Crippen LogP contribution is -2.18. The van der Waals surface area contributed by atoms with Crippen LogP contribution in [0.2, 0.25) is 0 Å². The zero-order valence-electron chi connectivity index (χ0n) is 9.91. The molecular weight excluding hydrogens is 200 g/mol. The molecule has 1 atom stereocenters. The van der Waals surface area contributed by atoms with E-state index in [1.165, 1.54) is 24.0 Å². The van der Waals surface area contributed by atoms with Crippen LogP contribution in [0.25, 0.3) is 0 Å². The summed E-state index contributed by atoms with van der Waals surface area (Å²) in [5, 5.41) is 3.46. The fourth-order valence-corrected chi connectivity index (χ4v) is 2.06. The molecule has 3 heteroatoms. The summed E-state index contributed by atoms with van der Waals surface area (Å²) in [6.07, 6.45) is 6.27. The first-order valence-electron chi connectivity index (χ1n) is 6.03. The highest BCUT2D eigenvalue weighted by Gasteiger charge is 2.14. The number of ether oxygens (including phenoxy) is 1. The molecule has 16 heavy (non-hydrogen) atoms. The Kier molecular flexibility index (Phi) is 4.31. The van der Waals surface area contributed by atoms with Gasteiger partial charge in [0.1, 0.15) is 0 Å². The topological polar surface area (TPSA) is 34.2 Å². The van der Waals surface area contributed by atoms with Crippen LogP contribution in [0.5, 0.6) is 0 Å². The molecule has 0 aromatic carbocycles. The van der Waals surface area contributed by atoms with Crippen molar-refractivity contribution in [2.45, 2.75) is 26.3 Å². The van der Waals surface area contributed by atoms with E-state index >= 15 is 0 Å². The second-order valence-corrected chi connectivity index (χ2v) is 4.57. The Hall–Kier alpha value is -0.930. The van der Waals surface area contributed by atoms with Crippen LogP contribution >= 0.6 is 0 Å². The molecule has 1 unspecified atom stereocenters. The maximum Gasteiger partial charge on any atom is 0.0495 e. The molecule has 1 aromatic heterocycles. The van der Waals surface area contributed by atoms with Gasteiger partial charge in [-0.15, -0.1) is 0 Å². The molecule has 88 valence electrons. The molecule has 1 fully saturated rings. The van der Waals surface area contributed by atoms with Crippen LogP contribution in [-0.4, -0.2) is 24.7 Å². The number of rotatable bonds is 5. The first-order chi connectivity index (χ1) is 7.84. The van der Waals surface area contributed by atoms with Crippen molar-refractivity contribution in [1.29, 1.82) is 0 Å². The molecule has 1 aliphatic rings. The Morgan fingerprint density at radius 3 is 3.19 bits per heavy atom. The summed E-state index contributed by atoms with van der Waals surface area (Å²) < 4.78 is 5.35. The number of aromatic nitrogens is 1. The summed E-state index contributed by atoms with van der Waals surface area (Å²) in [6, 6.07) is 2.18. The molecule has 2 heterocycles. The maximum absolute atomic E-state index is 5.35. The number of aryl methyl sites for hydroxylation is 1. The molecular formula is C13H20N2O. The summed E-state index contributed by atoms with van der Waals surface area (Å²) in [7, 11) is 0. The summed E-state index contributed by atoms with van der Waals surface area (Å²) in [5.74, 6) is 0.767. The van der Waals surface area contributed by atoms with E-state index < -0.39 is 0 Å². The van der Waals surface area contributed by atoms with Gasteiger partial charge in [-0.05, 0) is 43.4 Å². The van der Waals surface area contributed by atoms with Gasteiger partial charge in [-0.25, -0.2) is 0 Å². The third-order valence-corrected chi connectivity index (χ3v) is 3.01. The van der Waals surface area contributed by atoms with Crippen LogP contribution in [-0.2, 0) is 11.3 Å². The largest absolute Gasteiger partial charge is 0.381 e. The van der Waals surface area contributed by atoms with E-state index in [2.05, 4.69) is 23.3 Å². The lowest BCUT2D eigenvalue weighted by Gasteiger charge is -2.08. The van der Waals surface area contributed by atoms with Crippen molar-refractivity contribution in [3.05, 3.63) is 29.6 Å². The van der Waals surface area contributed by atoms with Crippen LogP contribution in [0.1, 0.15) is 24.0 Å². The Morgan fingerprint density at radius 2 is 2.44 bits per heavy atom. The van der Waals surface area contributed by atoms with Crippen molar-refractivity contribution in [3.63, 3.8) is 0 Å². The van der Waals surface area contributed by atoms with Gasteiger partial charge in [0.2, 0.25) is 0 Å². The number of hydrogen-bond acceptors (Lipinski definition) is 3. The van der Waals surface area contributed by atoms with Gasteiger partial charge in [0, 0.05) is 32.2 Å². The Bertz CT molecular complexity index is 321. The predicted molar refractivity (Wildman–Crippen MR) is 64.2 cm³/mol. The lowest BCUT2D eigenvalue weighted by atomic mass is 10.1. The molecule has 0 amide bonds. The van der Waals surface area contributed by atoms with Crippen LogP contribution in [0.3, 0.4) is 0 Å². The quantitative estimate of drug-likeness (QED) is 0.770. The smallest absolute Gasteiger partial charge is 0.0495 e. The molecule has 1 saturated heterocycles. The Balaban J connectivity index is 1.64. The minimum atomic E-state index is 0.767. The average molecular weight is 220 g/mol. The highest BCUT2D eigenvalue weighted by Crippen LogP contribution is 2.15. The molecule has 1 aliphatic heterocycles. The Morgan fingerprint density at radius 1 is 1.50 bits per heavy atom. The van der Waals surface area contributed by atoms with Gasteiger partial charge in [-0.3, -0.25) is 4.98 Å². The SMILES string of the molecule is Cc1cncc(CNCCC2CCOC2)c1. The van der Waals surface area contributed by atoms with E-state index in [1.54, 1.807) is 0 Å².